The summed E-state index contributed by atoms with van der Waals surface area (Å²) in [6, 6.07) is 15.9. The van der Waals surface area contributed by atoms with Crippen LogP contribution in [0, 0.1) is 5.92 Å². The van der Waals surface area contributed by atoms with Crippen LogP contribution >= 0.6 is 0 Å². The summed E-state index contributed by atoms with van der Waals surface area (Å²) in [5, 5.41) is 4.44. The van der Waals surface area contributed by atoms with E-state index in [0.717, 1.165) is 34.7 Å². The number of benzene rings is 2. The van der Waals surface area contributed by atoms with Crippen LogP contribution in [0.25, 0.3) is 0 Å². The topological polar surface area (TPSA) is 80.0 Å². The fourth-order valence-corrected chi connectivity index (χ4v) is 3.66. The van der Waals surface area contributed by atoms with Gasteiger partial charge in [-0.2, -0.15) is 5.10 Å². The molecule has 6 heteroatoms. The third kappa shape index (κ3) is 3.28. The average Bonchev–Trinajstić information content (AvgIpc) is 3.09. The van der Waals surface area contributed by atoms with Crippen molar-refractivity contribution >= 4 is 17.3 Å². The number of nitrogens with two attached hydrogens (primary N) is 1. The molecule has 2 heterocycles. The summed E-state index contributed by atoms with van der Waals surface area (Å²) in [7, 11) is 0. The van der Waals surface area contributed by atoms with Gasteiger partial charge in [-0.25, -0.2) is 0 Å². The molecule has 27 heavy (non-hydrogen) atoms. The van der Waals surface area contributed by atoms with E-state index in [4.69, 9.17) is 10.5 Å². The Labute approximate surface area is 159 Å². The van der Waals surface area contributed by atoms with Gasteiger partial charge in [-0.05, 0) is 43.7 Å². The number of carbonyl (C=O) groups excluding carboxylic acids is 1. The van der Waals surface area contributed by atoms with Gasteiger partial charge in [-0.1, -0.05) is 30.3 Å². The summed E-state index contributed by atoms with van der Waals surface area (Å²) in [5.41, 5.74) is 12.5. The summed E-state index contributed by atoms with van der Waals surface area (Å²) in [6.45, 7) is 3.65. The van der Waals surface area contributed by atoms with Gasteiger partial charge in [0.1, 0.15) is 18.3 Å². The van der Waals surface area contributed by atoms with Crippen molar-refractivity contribution in [3.05, 3.63) is 59.7 Å². The van der Waals surface area contributed by atoms with Gasteiger partial charge in [0.25, 0.3) is 0 Å². The van der Waals surface area contributed by atoms with Gasteiger partial charge >= 0.3 is 0 Å². The molecule has 2 aliphatic heterocycles. The van der Waals surface area contributed by atoms with E-state index in [9.17, 15) is 4.79 Å². The minimum Gasteiger partial charge on any atom is -0.489 e. The molecule has 140 valence electrons. The molecule has 0 saturated carbocycles. The first-order valence-corrected chi connectivity index (χ1v) is 9.34. The molecule has 6 nitrogen and oxygen atoms in total. The predicted molar refractivity (Wildman–Crippen MR) is 106 cm³/mol. The third-order valence-electron chi connectivity index (χ3n) is 5.08. The Morgan fingerprint density at radius 1 is 1.22 bits per heavy atom. The number of rotatable bonds is 6. The Hall–Kier alpha value is -2.86. The Bertz CT molecular complexity index is 866. The highest BCUT2D eigenvalue weighted by molar-refractivity contribution is 6.25. The fraction of sp³-hybridized carbons (Fsp3) is 0.333. The summed E-state index contributed by atoms with van der Waals surface area (Å²) < 4.78 is 5.98. The molecule has 2 aliphatic rings. The number of hydrogen-bond acceptors (Lipinski definition) is 5. The maximum atomic E-state index is 13.0. The fourth-order valence-electron chi connectivity index (χ4n) is 3.66. The second-order valence-corrected chi connectivity index (χ2v) is 6.98. The van der Waals surface area contributed by atoms with Gasteiger partial charge in [-0.3, -0.25) is 4.79 Å². The normalized spacial score (nSPS) is 20.6. The maximum Gasteiger partial charge on any atom is 0.238 e. The van der Waals surface area contributed by atoms with E-state index in [1.165, 1.54) is 0 Å². The van der Waals surface area contributed by atoms with Gasteiger partial charge in [0.05, 0.1) is 17.4 Å². The highest BCUT2D eigenvalue weighted by atomic mass is 16.5. The van der Waals surface area contributed by atoms with Crippen LogP contribution in [0.3, 0.4) is 0 Å². The van der Waals surface area contributed by atoms with Crippen molar-refractivity contribution in [2.24, 2.45) is 16.8 Å². The molecule has 3 N–H and O–H groups in total. The summed E-state index contributed by atoms with van der Waals surface area (Å²) in [4.78, 5) is 14.9. The van der Waals surface area contributed by atoms with E-state index in [2.05, 4.69) is 10.5 Å². The highest BCUT2D eigenvalue weighted by Crippen LogP contribution is 2.37. The molecule has 0 aliphatic carbocycles. The van der Waals surface area contributed by atoms with Crippen molar-refractivity contribution in [1.29, 1.82) is 0 Å². The van der Waals surface area contributed by atoms with E-state index < -0.39 is 0 Å². The Balaban J connectivity index is 1.64. The first kappa shape index (κ1) is 17.5. The summed E-state index contributed by atoms with van der Waals surface area (Å²) >= 11 is 0. The highest BCUT2D eigenvalue weighted by Gasteiger charge is 2.43. The number of hydrogen-bond donors (Lipinski definition) is 2. The lowest BCUT2D eigenvalue weighted by Gasteiger charge is -2.34. The van der Waals surface area contributed by atoms with Gasteiger partial charge in [0.2, 0.25) is 5.91 Å². The summed E-state index contributed by atoms with van der Waals surface area (Å²) in [6.07, 6.45) is 0.762. The molecule has 1 amide bonds. The van der Waals surface area contributed by atoms with Crippen LogP contribution in [-0.2, 0) is 11.4 Å². The van der Waals surface area contributed by atoms with Crippen molar-refractivity contribution in [2.45, 2.75) is 26.0 Å². The number of nitrogens with zero attached hydrogens (tertiary/aromatic N) is 2. The van der Waals surface area contributed by atoms with Crippen LogP contribution in [0.15, 0.2) is 53.6 Å². The standard InChI is InChI=1S/C21H24N4O2/c1-14-19-20(24-23-14)17-12-16(27-13-15-6-3-2-4-7-15)8-9-18(17)25(21(19)26)11-5-10-22/h2-4,6-9,12,14,19,23H,5,10-11,13,22H2,1H3/t14?,19-/m1/s1. The first-order valence-electron chi connectivity index (χ1n) is 9.34. The number of fused-ring (bicyclic) bond motifs is 3. The van der Waals surface area contributed by atoms with Crippen molar-refractivity contribution in [3.8, 4) is 5.75 Å². The van der Waals surface area contributed by atoms with Crippen molar-refractivity contribution in [1.82, 2.24) is 5.43 Å². The summed E-state index contributed by atoms with van der Waals surface area (Å²) in [5.74, 6) is 0.594. The SMILES string of the molecule is CC1NN=C2c3cc(OCc4ccccc4)ccc3N(CCCN)C(=O)[C@@H]21. The van der Waals surface area contributed by atoms with E-state index in [0.29, 0.717) is 19.7 Å². The van der Waals surface area contributed by atoms with Gasteiger partial charge < -0.3 is 20.8 Å². The second kappa shape index (κ2) is 7.40. The van der Waals surface area contributed by atoms with Crippen molar-refractivity contribution in [2.75, 3.05) is 18.0 Å². The molecular formula is C21H24N4O2. The lowest BCUT2D eigenvalue weighted by molar-refractivity contribution is -0.121. The van der Waals surface area contributed by atoms with Crippen LogP contribution in [-0.4, -0.2) is 30.8 Å². The van der Waals surface area contributed by atoms with Crippen molar-refractivity contribution < 1.29 is 9.53 Å². The monoisotopic (exact) mass is 364 g/mol. The van der Waals surface area contributed by atoms with Gasteiger partial charge in [-0.15, -0.1) is 0 Å². The van der Waals surface area contributed by atoms with Crippen LogP contribution in [0.4, 0.5) is 5.69 Å². The van der Waals surface area contributed by atoms with E-state index >= 15 is 0 Å². The minimum absolute atomic E-state index is 0.0186. The van der Waals surface area contributed by atoms with Crippen LogP contribution < -0.4 is 20.8 Å². The molecular weight excluding hydrogens is 340 g/mol. The molecule has 0 fully saturated rings. The quantitative estimate of drug-likeness (QED) is 0.824. The second-order valence-electron chi connectivity index (χ2n) is 6.98. The van der Waals surface area contributed by atoms with Gasteiger partial charge in [0.15, 0.2) is 0 Å². The Kier molecular flexibility index (Phi) is 4.81. The number of carbonyl (C=O) groups is 1. The first-order chi connectivity index (χ1) is 13.2. The van der Waals surface area contributed by atoms with E-state index in [-0.39, 0.29) is 17.9 Å². The van der Waals surface area contributed by atoms with E-state index in [1.807, 2.05) is 60.4 Å². The molecule has 2 aromatic carbocycles. The van der Waals surface area contributed by atoms with E-state index in [1.54, 1.807) is 0 Å². The third-order valence-corrected chi connectivity index (χ3v) is 5.08. The molecule has 0 radical (unpaired) electrons. The smallest absolute Gasteiger partial charge is 0.238 e. The number of ether oxygens (including phenoxy) is 1. The maximum absolute atomic E-state index is 13.0. The molecule has 2 aromatic rings. The number of amides is 1. The van der Waals surface area contributed by atoms with Crippen LogP contribution in [0.2, 0.25) is 0 Å². The number of nitrogens with one attached hydrogen (secondary N) is 1. The predicted octanol–water partition coefficient (Wildman–Crippen LogP) is 2.27. The van der Waals surface area contributed by atoms with Crippen molar-refractivity contribution in [3.63, 3.8) is 0 Å². The Morgan fingerprint density at radius 3 is 2.81 bits per heavy atom. The average molecular weight is 364 g/mol. The zero-order valence-corrected chi connectivity index (χ0v) is 15.4. The number of anilines is 1. The van der Waals surface area contributed by atoms with Gasteiger partial charge in [0, 0.05) is 12.1 Å². The zero-order chi connectivity index (χ0) is 18.8. The number of hydrazone groups is 1. The van der Waals surface area contributed by atoms with Crippen LogP contribution in [0.5, 0.6) is 5.75 Å². The molecule has 0 spiro atoms. The minimum atomic E-state index is -0.264. The lowest BCUT2D eigenvalue weighted by Crippen LogP contribution is -2.48. The molecule has 4 rings (SSSR count). The van der Waals surface area contributed by atoms with Crippen LogP contribution in [0.1, 0.15) is 24.5 Å². The zero-order valence-electron chi connectivity index (χ0n) is 15.4. The Morgan fingerprint density at radius 2 is 2.04 bits per heavy atom. The molecule has 1 unspecified atom stereocenters. The largest absolute Gasteiger partial charge is 0.489 e. The molecule has 0 bridgehead atoms. The molecule has 0 aromatic heterocycles. The molecule has 2 atom stereocenters. The molecule has 0 saturated heterocycles. The lowest BCUT2D eigenvalue weighted by atomic mass is 9.86.